The second-order valence-electron chi connectivity index (χ2n) is 18.7. The maximum atomic E-state index is 15.0. The fourth-order valence-corrected chi connectivity index (χ4v) is 10.8. The minimum Gasteiger partial charge on any atom is -0.342 e. The largest absolute Gasteiger partial charge is 0.342 e. The number of amides is 5. The Labute approximate surface area is 312 Å². The zero-order chi connectivity index (χ0) is 39.2. The number of fused-ring (bicyclic) bond motifs is 1. The lowest BCUT2D eigenvalue weighted by Crippen LogP contribution is -2.63. The highest BCUT2D eigenvalue weighted by Crippen LogP contribution is 2.88. The van der Waals surface area contributed by atoms with Gasteiger partial charge in [0, 0.05) is 30.3 Å². The van der Waals surface area contributed by atoms with Crippen LogP contribution in [0.2, 0.25) is 0 Å². The lowest BCUT2D eigenvalue weighted by Gasteiger charge is -2.38. The van der Waals surface area contributed by atoms with E-state index in [0.29, 0.717) is 25.8 Å². The van der Waals surface area contributed by atoms with E-state index in [1.165, 1.54) is 24.7 Å². The number of carbonyl (C=O) groups excluding carboxylic acids is 5. The quantitative estimate of drug-likeness (QED) is 0.246. The zero-order valence-electron chi connectivity index (χ0n) is 32.2. The van der Waals surface area contributed by atoms with Crippen LogP contribution in [0, 0.1) is 33.0 Å². The molecule has 5 fully saturated rings. The van der Waals surface area contributed by atoms with Crippen LogP contribution in [0.3, 0.4) is 0 Å². The molecule has 6 rings (SSSR count). The van der Waals surface area contributed by atoms with Crippen molar-refractivity contribution in [1.29, 1.82) is 0 Å². The highest BCUT2D eigenvalue weighted by molar-refractivity contribution is 7.91. The van der Waals surface area contributed by atoms with Gasteiger partial charge in [0.25, 0.3) is 11.8 Å². The van der Waals surface area contributed by atoms with Gasteiger partial charge >= 0.3 is 0 Å². The van der Waals surface area contributed by atoms with Gasteiger partial charge in [-0.05, 0) is 60.2 Å². The van der Waals surface area contributed by atoms with Gasteiger partial charge in [0.15, 0.2) is 0 Å². The number of hydrogen-bond acceptors (Lipinski definition) is 9. The van der Waals surface area contributed by atoms with E-state index in [2.05, 4.69) is 51.1 Å². The lowest BCUT2D eigenvalue weighted by molar-refractivity contribution is -0.145. The first kappa shape index (κ1) is 38.8. The van der Waals surface area contributed by atoms with Gasteiger partial charge in [-0.25, -0.2) is 13.4 Å². The summed E-state index contributed by atoms with van der Waals surface area (Å²) in [7, 11) is -3.88. The molecule has 5 aliphatic rings. The molecule has 4 aliphatic carbocycles. The molecule has 4 N–H and O–H groups in total. The van der Waals surface area contributed by atoms with Crippen molar-refractivity contribution in [2.24, 2.45) is 33.0 Å². The number of hydrogen-bond donors (Lipinski definition) is 4. The number of sulfonamides is 1. The molecule has 5 amide bonds. The van der Waals surface area contributed by atoms with E-state index >= 15 is 0 Å². The van der Waals surface area contributed by atoms with Crippen LogP contribution in [-0.2, 0) is 29.2 Å². The van der Waals surface area contributed by atoms with Crippen molar-refractivity contribution in [2.75, 3.05) is 6.54 Å². The molecule has 0 unspecified atom stereocenters. The first-order valence-corrected chi connectivity index (χ1v) is 20.2. The van der Waals surface area contributed by atoms with E-state index in [1.54, 1.807) is 25.7 Å². The summed E-state index contributed by atoms with van der Waals surface area (Å²) in [5, 5.41) is 8.00. The molecule has 4 saturated carbocycles. The predicted octanol–water partition coefficient (Wildman–Crippen LogP) is 2.62. The minimum atomic E-state index is -3.88. The Kier molecular flexibility index (Phi) is 9.22. The Morgan fingerprint density at radius 2 is 1.58 bits per heavy atom. The Morgan fingerprint density at radius 1 is 0.943 bits per heavy atom. The molecular formula is C38H55N7O7S. The summed E-state index contributed by atoms with van der Waals surface area (Å²) in [6, 6.07) is -3.13. The van der Waals surface area contributed by atoms with E-state index in [9.17, 15) is 32.4 Å². The van der Waals surface area contributed by atoms with Crippen molar-refractivity contribution in [3.63, 3.8) is 0 Å². The normalized spacial score (nSPS) is 29.3. The van der Waals surface area contributed by atoms with Crippen LogP contribution < -0.4 is 20.7 Å². The van der Waals surface area contributed by atoms with Crippen molar-refractivity contribution >= 4 is 39.6 Å². The van der Waals surface area contributed by atoms with Crippen LogP contribution in [0.25, 0.3) is 0 Å². The van der Waals surface area contributed by atoms with Crippen LogP contribution in [0.5, 0.6) is 0 Å². The number of likely N-dealkylation sites (tertiary alicyclic amines) is 1. The zero-order valence-corrected chi connectivity index (χ0v) is 33.0. The van der Waals surface area contributed by atoms with Crippen LogP contribution in [0.1, 0.15) is 111 Å². The molecule has 0 radical (unpaired) electrons. The fourth-order valence-electron chi connectivity index (χ4n) is 9.42. The number of rotatable bonds is 11. The molecule has 1 aromatic heterocycles. The van der Waals surface area contributed by atoms with E-state index in [-0.39, 0.29) is 28.4 Å². The highest BCUT2D eigenvalue weighted by Gasteiger charge is 2.85. The van der Waals surface area contributed by atoms with E-state index in [0.717, 1.165) is 19.3 Å². The molecule has 290 valence electrons. The molecule has 15 heteroatoms. The average Bonchev–Trinajstić information content (AvgIpc) is 3.99. The van der Waals surface area contributed by atoms with Gasteiger partial charge in [-0.3, -0.25) is 33.7 Å². The van der Waals surface area contributed by atoms with Crippen LogP contribution in [0.4, 0.5) is 0 Å². The summed E-state index contributed by atoms with van der Waals surface area (Å²) in [5.74, 6) is -3.43. The molecule has 6 atom stereocenters. The smallest absolute Gasteiger partial charge is 0.272 e. The predicted molar refractivity (Wildman–Crippen MR) is 196 cm³/mol. The van der Waals surface area contributed by atoms with Gasteiger partial charge in [0.05, 0.1) is 11.4 Å². The van der Waals surface area contributed by atoms with Gasteiger partial charge in [-0.2, -0.15) is 0 Å². The van der Waals surface area contributed by atoms with Crippen LogP contribution in [-0.4, -0.2) is 88.3 Å². The summed E-state index contributed by atoms with van der Waals surface area (Å²) >= 11 is 0. The SMILES string of the molecule is C=C[C@@H]1C[C@]1(NC(=O)[C@@H]1C[C@@]2(CN1C(=O)[C@@H](NC(=O)[C@@H](NC(=O)c1cnccn1)C(C)(C)C)C(C)(C)C)C(C)(C)C21CCC1)C(=O)NS(=O)(=O)C1CC1. The summed E-state index contributed by atoms with van der Waals surface area (Å²) in [4.78, 5) is 79.9. The Hall–Kier alpha value is -3.88. The number of nitrogens with one attached hydrogen (secondary N) is 4. The molecule has 2 heterocycles. The van der Waals surface area contributed by atoms with Crippen LogP contribution >= 0.6 is 0 Å². The van der Waals surface area contributed by atoms with Crippen molar-refractivity contribution in [3.8, 4) is 0 Å². The van der Waals surface area contributed by atoms with Gasteiger partial charge in [0.2, 0.25) is 27.7 Å². The van der Waals surface area contributed by atoms with E-state index in [4.69, 9.17) is 0 Å². The molecule has 0 aromatic carbocycles. The standard InChI is InChI=1S/C38H55N7O7S/c1-10-22-18-38(22,32(50)44-53(51,52)23-12-13-23)43-29(47)25-19-37(35(8,9)36(37)14-11-15-36)21-45(25)31(49)27(34(5,6)7)42-30(48)26(33(2,3)4)41-28(46)24-20-39-16-17-40-24/h10,16-17,20,22-23,25-27H,1,11-15,18-19,21H2,2-9H3,(H,41,46)(H,42,48)(H,43,47)(H,44,50)/t22-,25+,26-,27-,37-,38-/m1/s1. The van der Waals surface area contributed by atoms with E-state index in [1.807, 2.05) is 20.8 Å². The average molecular weight is 754 g/mol. The second-order valence-corrected chi connectivity index (χ2v) is 20.6. The van der Waals surface area contributed by atoms with Crippen molar-refractivity contribution in [3.05, 3.63) is 36.9 Å². The summed E-state index contributed by atoms with van der Waals surface area (Å²) in [6.45, 7) is 19.4. The van der Waals surface area contributed by atoms with Crippen molar-refractivity contribution in [1.82, 2.24) is 35.5 Å². The van der Waals surface area contributed by atoms with Gasteiger partial charge in [0.1, 0.15) is 29.4 Å². The number of carbonyl (C=O) groups is 5. The molecule has 1 aliphatic heterocycles. The third-order valence-corrected chi connectivity index (χ3v) is 15.1. The maximum absolute atomic E-state index is 15.0. The first-order chi connectivity index (χ1) is 24.5. The van der Waals surface area contributed by atoms with Crippen molar-refractivity contribution < 1.29 is 32.4 Å². The maximum Gasteiger partial charge on any atom is 0.272 e. The molecular weight excluding hydrogens is 699 g/mol. The number of nitrogens with zero attached hydrogens (tertiary/aromatic N) is 3. The third-order valence-electron chi connectivity index (χ3n) is 13.2. The Bertz CT molecular complexity index is 1830. The molecule has 0 bridgehead atoms. The monoisotopic (exact) mass is 753 g/mol. The highest BCUT2D eigenvalue weighted by atomic mass is 32.2. The lowest BCUT2D eigenvalue weighted by atomic mass is 9.73. The topological polar surface area (TPSA) is 197 Å². The fraction of sp³-hybridized carbons (Fsp3) is 0.711. The second kappa shape index (κ2) is 12.6. The number of aromatic nitrogens is 2. The first-order valence-electron chi connectivity index (χ1n) is 18.7. The Morgan fingerprint density at radius 3 is 2.06 bits per heavy atom. The summed E-state index contributed by atoms with van der Waals surface area (Å²) < 4.78 is 27.7. The van der Waals surface area contributed by atoms with Gasteiger partial charge in [-0.15, -0.1) is 6.58 Å². The molecule has 53 heavy (non-hydrogen) atoms. The third kappa shape index (κ3) is 6.33. The minimum absolute atomic E-state index is 0.0351. The molecule has 1 aromatic rings. The van der Waals surface area contributed by atoms with E-state index < -0.39 is 85.2 Å². The Balaban J connectivity index is 1.28. The summed E-state index contributed by atoms with van der Waals surface area (Å²) in [5.41, 5.74) is -3.60. The summed E-state index contributed by atoms with van der Waals surface area (Å²) in [6.07, 6.45) is 10.2. The molecule has 1 saturated heterocycles. The van der Waals surface area contributed by atoms with Gasteiger partial charge < -0.3 is 20.9 Å². The molecule has 14 nitrogen and oxygen atoms in total. The van der Waals surface area contributed by atoms with Crippen molar-refractivity contribution in [2.45, 2.75) is 129 Å². The van der Waals surface area contributed by atoms with Gasteiger partial charge in [-0.1, -0.05) is 67.9 Å². The van der Waals surface area contributed by atoms with Crippen LogP contribution in [0.15, 0.2) is 31.2 Å². The molecule has 2 spiro atoms.